The Labute approximate surface area is 517 Å². The van der Waals surface area contributed by atoms with Crippen LogP contribution >= 0.6 is 0 Å². The molecular weight excluding hydrogens is 1000 g/mol. The minimum Gasteiger partial charge on any atom is -0.481 e. The molecule has 0 saturated heterocycles. The summed E-state index contributed by atoms with van der Waals surface area (Å²) in [6.07, 6.45) is 93.0. The molecule has 0 aromatic heterocycles. The number of hydrogen-bond acceptors (Lipinski definition) is 3. The highest BCUT2D eigenvalue weighted by Gasteiger charge is 2.25. The van der Waals surface area contributed by atoms with Crippen molar-refractivity contribution in [1.82, 2.24) is 0 Å². The van der Waals surface area contributed by atoms with Gasteiger partial charge in [0.2, 0.25) is 0 Å². The number of aliphatic carboxylic acids is 1. The van der Waals surface area contributed by atoms with Gasteiger partial charge in [0.1, 0.15) is 5.78 Å². The third-order valence-electron chi connectivity index (χ3n) is 19.4. The molecule has 0 rings (SSSR count). The van der Waals surface area contributed by atoms with Crippen LogP contribution < -0.4 is 0 Å². The molecule has 0 amide bonds. The summed E-state index contributed by atoms with van der Waals surface area (Å²) in [5, 5.41) is 20.5. The van der Waals surface area contributed by atoms with Crippen LogP contribution in [-0.2, 0) is 9.59 Å². The van der Waals surface area contributed by atoms with Crippen molar-refractivity contribution in [3.8, 4) is 0 Å². The number of Topliss-reactive ketones (excluding diaryl/α,β-unsaturated/α-hetero) is 1. The number of carbonyl (C=O) groups is 2. The van der Waals surface area contributed by atoms with Crippen molar-refractivity contribution < 1.29 is 19.8 Å². The summed E-state index contributed by atoms with van der Waals surface area (Å²) in [4.78, 5) is 24.6. The van der Waals surface area contributed by atoms with Gasteiger partial charge >= 0.3 is 5.97 Å². The Balaban J connectivity index is 3.36. The Morgan fingerprint density at radius 1 is 0.244 bits per heavy atom. The van der Waals surface area contributed by atoms with Crippen molar-refractivity contribution in [3.05, 3.63) is 0 Å². The first-order chi connectivity index (χ1) is 40.4. The lowest BCUT2D eigenvalue weighted by Crippen LogP contribution is -2.28. The van der Waals surface area contributed by atoms with Crippen LogP contribution in [0.1, 0.15) is 470 Å². The molecule has 0 heterocycles. The van der Waals surface area contributed by atoms with Crippen LogP contribution in [0.25, 0.3) is 0 Å². The zero-order valence-corrected chi connectivity index (χ0v) is 56.9. The van der Waals surface area contributed by atoms with Gasteiger partial charge in [0.05, 0.1) is 12.0 Å². The number of carboxylic acid groups (broad SMARTS) is 1. The van der Waals surface area contributed by atoms with E-state index >= 15 is 0 Å². The van der Waals surface area contributed by atoms with Gasteiger partial charge in [-0.15, -0.1) is 0 Å². The lowest BCUT2D eigenvalue weighted by Gasteiger charge is -2.19. The van der Waals surface area contributed by atoms with Crippen molar-refractivity contribution in [2.24, 2.45) is 11.8 Å². The van der Waals surface area contributed by atoms with Gasteiger partial charge in [-0.1, -0.05) is 438 Å². The molecule has 0 spiro atoms. The molecule has 0 aliphatic rings. The monoisotopic (exact) mass is 1160 g/mol. The second kappa shape index (κ2) is 70.9. The van der Waals surface area contributed by atoms with E-state index in [0.717, 1.165) is 44.9 Å². The number of unbranched alkanes of at least 4 members (excludes halogenated alkanes) is 63. The average molecular weight is 1160 g/mol. The van der Waals surface area contributed by atoms with E-state index in [1.54, 1.807) is 0 Å². The van der Waals surface area contributed by atoms with Gasteiger partial charge in [0.25, 0.3) is 0 Å². The number of aliphatic hydroxyl groups is 1. The predicted molar refractivity (Wildman–Crippen MR) is 366 cm³/mol. The lowest BCUT2D eigenvalue weighted by molar-refractivity contribution is -0.146. The molecule has 490 valence electrons. The third-order valence-corrected chi connectivity index (χ3v) is 19.4. The van der Waals surface area contributed by atoms with Gasteiger partial charge < -0.3 is 10.2 Å². The smallest absolute Gasteiger partial charge is 0.309 e. The van der Waals surface area contributed by atoms with Crippen molar-refractivity contribution in [2.45, 2.75) is 476 Å². The van der Waals surface area contributed by atoms with E-state index in [1.165, 1.54) is 392 Å². The first-order valence-electron chi connectivity index (χ1n) is 38.9. The van der Waals surface area contributed by atoms with E-state index in [4.69, 9.17) is 0 Å². The highest BCUT2D eigenvalue weighted by atomic mass is 16.4. The van der Waals surface area contributed by atoms with E-state index in [2.05, 4.69) is 20.8 Å². The topological polar surface area (TPSA) is 74.6 Å². The summed E-state index contributed by atoms with van der Waals surface area (Å²) < 4.78 is 0. The summed E-state index contributed by atoms with van der Waals surface area (Å²) in [6, 6.07) is 0. The van der Waals surface area contributed by atoms with Crippen molar-refractivity contribution in [1.29, 1.82) is 0 Å². The van der Waals surface area contributed by atoms with E-state index in [0.29, 0.717) is 18.6 Å². The Kier molecular flexibility index (Phi) is 70.1. The molecule has 82 heavy (non-hydrogen) atoms. The number of carbonyl (C=O) groups excluding carboxylic acids is 1. The highest BCUT2D eigenvalue weighted by molar-refractivity contribution is 5.80. The maximum absolute atomic E-state index is 12.6. The maximum Gasteiger partial charge on any atom is 0.309 e. The van der Waals surface area contributed by atoms with Crippen LogP contribution in [0.4, 0.5) is 0 Å². The van der Waals surface area contributed by atoms with Crippen LogP contribution in [-0.4, -0.2) is 28.1 Å². The van der Waals surface area contributed by atoms with E-state index in [1.807, 2.05) is 0 Å². The number of ketones is 1. The Hall–Kier alpha value is -0.900. The van der Waals surface area contributed by atoms with Gasteiger partial charge in [0, 0.05) is 12.3 Å². The molecule has 0 radical (unpaired) electrons. The minimum atomic E-state index is -0.802. The van der Waals surface area contributed by atoms with Crippen molar-refractivity contribution in [3.63, 3.8) is 0 Å². The Morgan fingerprint density at radius 3 is 0.622 bits per heavy atom. The van der Waals surface area contributed by atoms with Gasteiger partial charge in [-0.05, 0) is 25.7 Å². The number of aliphatic hydroxyl groups excluding tert-OH is 1. The Bertz CT molecular complexity index is 1200. The largest absolute Gasteiger partial charge is 0.481 e. The maximum atomic E-state index is 12.6. The van der Waals surface area contributed by atoms with Gasteiger partial charge in [-0.25, -0.2) is 0 Å². The summed E-state index contributed by atoms with van der Waals surface area (Å²) in [5.74, 6) is -0.579. The molecule has 0 saturated carbocycles. The van der Waals surface area contributed by atoms with Gasteiger partial charge in [-0.2, -0.15) is 0 Å². The quantitative estimate of drug-likeness (QED) is 0.0595. The summed E-state index contributed by atoms with van der Waals surface area (Å²) >= 11 is 0. The van der Waals surface area contributed by atoms with Crippen LogP contribution in [0, 0.1) is 11.8 Å². The standard InChI is InChI=1S/C78H154O4/c1-4-6-8-10-12-14-16-18-20-21-22-23-34-37-40-43-47-51-55-59-63-67-71-75(78(81)82)77(80)73-69-65-61-57-53-49-45-42-39-36-33-31-29-27-25-24-26-28-30-32-35-38-41-44-48-52-56-60-64-68-72-76(79)74(3)70-66-62-58-54-50-46-19-17-15-13-11-9-7-5-2/h74-75,77,80H,4-73H2,1-3H3,(H,81,82). The number of hydrogen-bond donors (Lipinski definition) is 2. The fourth-order valence-corrected chi connectivity index (χ4v) is 13.3. The molecule has 0 aliphatic heterocycles. The Morgan fingerprint density at radius 2 is 0.415 bits per heavy atom. The molecule has 0 aromatic carbocycles. The summed E-state index contributed by atoms with van der Waals surface area (Å²) in [7, 11) is 0. The van der Waals surface area contributed by atoms with Crippen LogP contribution in [0.3, 0.4) is 0 Å². The molecule has 3 atom stereocenters. The molecule has 4 nitrogen and oxygen atoms in total. The summed E-state index contributed by atoms with van der Waals surface area (Å²) in [6.45, 7) is 6.78. The first kappa shape index (κ1) is 81.1. The van der Waals surface area contributed by atoms with Crippen molar-refractivity contribution in [2.75, 3.05) is 0 Å². The molecule has 4 heteroatoms. The molecule has 3 unspecified atom stereocenters. The average Bonchev–Trinajstić information content (AvgIpc) is 3.47. The molecule has 0 bridgehead atoms. The van der Waals surface area contributed by atoms with Gasteiger partial charge in [-0.3, -0.25) is 9.59 Å². The number of carboxylic acids is 1. The van der Waals surface area contributed by atoms with Gasteiger partial charge in [0.15, 0.2) is 0 Å². The molecular formula is C78H154O4. The minimum absolute atomic E-state index is 0.280. The molecule has 0 aliphatic carbocycles. The third kappa shape index (κ3) is 65.1. The normalized spacial score (nSPS) is 12.9. The van der Waals surface area contributed by atoms with Crippen LogP contribution in [0.5, 0.6) is 0 Å². The molecule has 0 fully saturated rings. The molecule has 0 aromatic rings. The van der Waals surface area contributed by atoms with E-state index in [-0.39, 0.29) is 5.92 Å². The zero-order chi connectivity index (χ0) is 59.4. The fourth-order valence-electron chi connectivity index (χ4n) is 13.3. The first-order valence-corrected chi connectivity index (χ1v) is 38.9. The van der Waals surface area contributed by atoms with E-state index in [9.17, 15) is 19.8 Å². The zero-order valence-electron chi connectivity index (χ0n) is 56.9. The van der Waals surface area contributed by atoms with Crippen LogP contribution in [0.15, 0.2) is 0 Å². The lowest BCUT2D eigenvalue weighted by atomic mass is 9.91. The highest BCUT2D eigenvalue weighted by Crippen LogP contribution is 2.24. The number of rotatable bonds is 74. The second-order valence-corrected chi connectivity index (χ2v) is 27.6. The summed E-state index contributed by atoms with van der Waals surface area (Å²) in [5.41, 5.74) is 0. The fraction of sp³-hybridized carbons (Fsp3) is 0.974. The van der Waals surface area contributed by atoms with E-state index < -0.39 is 18.0 Å². The molecule has 2 N–H and O–H groups in total. The van der Waals surface area contributed by atoms with Crippen molar-refractivity contribution >= 4 is 11.8 Å². The van der Waals surface area contributed by atoms with Crippen LogP contribution in [0.2, 0.25) is 0 Å². The predicted octanol–water partition coefficient (Wildman–Crippen LogP) is 27.6. The SMILES string of the molecule is CCCCCCCCCCCCCCCCCCCCCCCCC(C(=O)O)C(O)CCCCCCCCCCCCCCCCCCCCCCCCCCCCCCCCC(=O)C(C)CCCCCCCCCCCCCCCC. The second-order valence-electron chi connectivity index (χ2n) is 27.6.